The van der Waals surface area contributed by atoms with Crippen LogP contribution in [0.3, 0.4) is 0 Å². The van der Waals surface area contributed by atoms with Crippen molar-refractivity contribution in [3.8, 4) is 0 Å². The molecule has 1 fully saturated rings. The quantitative estimate of drug-likeness (QED) is 0.791. The van der Waals surface area contributed by atoms with Crippen LogP contribution in [0.5, 0.6) is 0 Å². The fraction of sp³-hybridized carbons (Fsp3) is 0.556. The predicted molar refractivity (Wildman–Crippen MR) is 94.1 cm³/mol. The van der Waals surface area contributed by atoms with Crippen molar-refractivity contribution >= 4 is 17.5 Å². The van der Waals surface area contributed by atoms with Crippen molar-refractivity contribution in [1.29, 1.82) is 0 Å². The van der Waals surface area contributed by atoms with Gasteiger partial charge in [-0.15, -0.1) is 0 Å². The molecule has 6 nitrogen and oxygen atoms in total. The van der Waals surface area contributed by atoms with Crippen molar-refractivity contribution in [3.63, 3.8) is 0 Å². The molecule has 2 heterocycles. The lowest BCUT2D eigenvalue weighted by Gasteiger charge is -2.29. The number of fused-ring (bicyclic) bond motifs is 1. The van der Waals surface area contributed by atoms with Gasteiger partial charge >= 0.3 is 0 Å². The van der Waals surface area contributed by atoms with Gasteiger partial charge in [0.2, 0.25) is 11.8 Å². The van der Waals surface area contributed by atoms with Crippen LogP contribution in [-0.2, 0) is 16.0 Å². The van der Waals surface area contributed by atoms with Crippen LogP contribution in [0, 0.1) is 0 Å². The molecule has 2 N–H and O–H groups in total. The second-order valence-electron chi connectivity index (χ2n) is 6.37. The highest BCUT2D eigenvalue weighted by Crippen LogP contribution is 2.27. The molecule has 1 aromatic carbocycles. The number of aryl methyl sites for hydroxylation is 1. The highest BCUT2D eigenvalue weighted by atomic mass is 16.2. The summed E-state index contributed by atoms with van der Waals surface area (Å²) in [6.45, 7) is 6.12. The molecule has 1 saturated heterocycles. The molecule has 0 atom stereocenters. The number of piperazine rings is 1. The summed E-state index contributed by atoms with van der Waals surface area (Å²) in [5.74, 6) is 0.128. The second kappa shape index (κ2) is 8.26. The fourth-order valence-corrected chi connectivity index (χ4v) is 3.33. The SMILES string of the molecule is O=C(CCN1C(=O)CCc2ccccc21)NCCN1CCNCC1. The summed E-state index contributed by atoms with van der Waals surface area (Å²) >= 11 is 0. The Labute approximate surface area is 143 Å². The normalized spacial score (nSPS) is 18.3. The standard InChI is InChI=1S/C18H26N4O2/c23-17(20-10-14-21-12-8-19-9-13-21)7-11-22-16-4-2-1-3-15(16)5-6-18(22)24/h1-4,19H,5-14H2,(H,20,23). The molecule has 0 spiro atoms. The third kappa shape index (κ3) is 4.33. The molecule has 6 heteroatoms. The van der Waals surface area contributed by atoms with E-state index in [0.29, 0.717) is 25.9 Å². The van der Waals surface area contributed by atoms with Gasteiger partial charge in [0.1, 0.15) is 0 Å². The Bertz CT molecular complexity index is 584. The number of rotatable bonds is 6. The number of amides is 2. The van der Waals surface area contributed by atoms with Gasteiger partial charge in [-0.05, 0) is 18.1 Å². The lowest BCUT2D eigenvalue weighted by Crippen LogP contribution is -2.46. The van der Waals surface area contributed by atoms with Crippen molar-refractivity contribution in [3.05, 3.63) is 29.8 Å². The first kappa shape index (κ1) is 16.9. The molecule has 1 aromatic rings. The maximum Gasteiger partial charge on any atom is 0.227 e. The number of hydrogen-bond donors (Lipinski definition) is 2. The van der Waals surface area contributed by atoms with Gasteiger partial charge in [-0.3, -0.25) is 14.5 Å². The summed E-state index contributed by atoms with van der Waals surface area (Å²) in [6.07, 6.45) is 1.67. The minimum absolute atomic E-state index is 0.0148. The minimum atomic E-state index is 0.0148. The molecule has 0 unspecified atom stereocenters. The molecule has 0 saturated carbocycles. The van der Waals surface area contributed by atoms with E-state index in [1.807, 2.05) is 18.2 Å². The number of nitrogens with zero attached hydrogens (tertiary/aromatic N) is 2. The first-order valence-corrected chi connectivity index (χ1v) is 8.82. The molecule has 3 rings (SSSR count). The summed E-state index contributed by atoms with van der Waals surface area (Å²) in [5.41, 5.74) is 2.15. The van der Waals surface area contributed by atoms with E-state index in [2.05, 4.69) is 21.6 Å². The van der Waals surface area contributed by atoms with Gasteiger partial charge in [-0.2, -0.15) is 0 Å². The molecule has 2 aliphatic heterocycles. The first-order valence-electron chi connectivity index (χ1n) is 8.82. The van der Waals surface area contributed by atoms with Gasteiger partial charge in [-0.25, -0.2) is 0 Å². The van der Waals surface area contributed by atoms with Crippen LogP contribution >= 0.6 is 0 Å². The van der Waals surface area contributed by atoms with Crippen molar-refractivity contribution in [2.75, 3.05) is 50.7 Å². The molecule has 0 radical (unpaired) electrons. The Kier molecular flexibility index (Phi) is 5.82. The molecule has 0 aromatic heterocycles. The molecule has 0 bridgehead atoms. The zero-order chi connectivity index (χ0) is 16.8. The lowest BCUT2D eigenvalue weighted by molar-refractivity contribution is -0.121. The van der Waals surface area contributed by atoms with E-state index in [4.69, 9.17) is 0 Å². The van der Waals surface area contributed by atoms with Crippen LogP contribution in [0.1, 0.15) is 18.4 Å². The van der Waals surface area contributed by atoms with Gasteiger partial charge < -0.3 is 15.5 Å². The maximum absolute atomic E-state index is 12.2. The van der Waals surface area contributed by atoms with Crippen molar-refractivity contribution in [1.82, 2.24) is 15.5 Å². The summed E-state index contributed by atoms with van der Waals surface area (Å²) in [4.78, 5) is 28.3. The number of anilines is 1. The molecule has 2 amide bonds. The largest absolute Gasteiger partial charge is 0.355 e. The van der Waals surface area contributed by atoms with Gasteiger partial charge in [0, 0.05) is 64.3 Å². The van der Waals surface area contributed by atoms with E-state index in [0.717, 1.165) is 44.8 Å². The Morgan fingerprint density at radius 2 is 1.92 bits per heavy atom. The van der Waals surface area contributed by atoms with Gasteiger partial charge in [0.25, 0.3) is 0 Å². The van der Waals surface area contributed by atoms with Crippen molar-refractivity contribution < 1.29 is 9.59 Å². The average Bonchev–Trinajstić information content (AvgIpc) is 2.62. The zero-order valence-corrected chi connectivity index (χ0v) is 14.1. The fourth-order valence-electron chi connectivity index (χ4n) is 3.33. The number of carbonyl (C=O) groups excluding carboxylic acids is 2. The van der Waals surface area contributed by atoms with E-state index in [-0.39, 0.29) is 11.8 Å². The van der Waals surface area contributed by atoms with E-state index in [1.54, 1.807) is 4.90 Å². The highest BCUT2D eigenvalue weighted by Gasteiger charge is 2.23. The highest BCUT2D eigenvalue weighted by molar-refractivity contribution is 5.96. The molecule has 24 heavy (non-hydrogen) atoms. The third-order valence-corrected chi connectivity index (χ3v) is 4.71. The summed E-state index contributed by atoms with van der Waals surface area (Å²) in [5, 5.41) is 6.29. The maximum atomic E-state index is 12.2. The Morgan fingerprint density at radius 1 is 1.12 bits per heavy atom. The van der Waals surface area contributed by atoms with Crippen LogP contribution in [0.25, 0.3) is 0 Å². The van der Waals surface area contributed by atoms with Crippen LogP contribution in [0.4, 0.5) is 5.69 Å². The molecule has 130 valence electrons. The Balaban J connectivity index is 1.43. The minimum Gasteiger partial charge on any atom is -0.355 e. The van der Waals surface area contributed by atoms with Crippen molar-refractivity contribution in [2.45, 2.75) is 19.3 Å². The van der Waals surface area contributed by atoms with E-state index in [1.165, 1.54) is 5.56 Å². The van der Waals surface area contributed by atoms with Crippen molar-refractivity contribution in [2.24, 2.45) is 0 Å². The topological polar surface area (TPSA) is 64.7 Å². The number of nitrogens with one attached hydrogen (secondary N) is 2. The Hall–Kier alpha value is -1.92. The van der Waals surface area contributed by atoms with E-state index >= 15 is 0 Å². The number of benzene rings is 1. The third-order valence-electron chi connectivity index (χ3n) is 4.71. The smallest absolute Gasteiger partial charge is 0.227 e. The number of para-hydroxylation sites is 1. The number of hydrogen-bond acceptors (Lipinski definition) is 4. The van der Waals surface area contributed by atoms with E-state index < -0.39 is 0 Å². The predicted octanol–water partition coefficient (Wildman–Crippen LogP) is 0.377. The van der Waals surface area contributed by atoms with E-state index in [9.17, 15) is 9.59 Å². The average molecular weight is 330 g/mol. The first-order chi connectivity index (χ1) is 11.7. The van der Waals surface area contributed by atoms with Gasteiger partial charge in [-0.1, -0.05) is 18.2 Å². The Morgan fingerprint density at radius 3 is 2.75 bits per heavy atom. The number of carbonyl (C=O) groups is 2. The van der Waals surface area contributed by atoms with Gasteiger partial charge in [0.05, 0.1) is 0 Å². The summed E-state index contributed by atoms with van der Waals surface area (Å²) in [7, 11) is 0. The lowest BCUT2D eigenvalue weighted by atomic mass is 10.0. The summed E-state index contributed by atoms with van der Waals surface area (Å²) in [6, 6.07) is 7.96. The monoisotopic (exact) mass is 330 g/mol. The molecule has 0 aliphatic carbocycles. The van der Waals surface area contributed by atoms with Crippen LogP contribution in [0.2, 0.25) is 0 Å². The molecular formula is C18H26N4O2. The van der Waals surface area contributed by atoms with Gasteiger partial charge in [0.15, 0.2) is 0 Å². The molecular weight excluding hydrogens is 304 g/mol. The summed E-state index contributed by atoms with van der Waals surface area (Å²) < 4.78 is 0. The second-order valence-corrected chi connectivity index (χ2v) is 6.37. The van der Waals surface area contributed by atoms with Crippen LogP contribution in [0.15, 0.2) is 24.3 Å². The van der Waals surface area contributed by atoms with Crippen LogP contribution < -0.4 is 15.5 Å². The zero-order valence-electron chi connectivity index (χ0n) is 14.1. The molecule has 2 aliphatic rings. The van der Waals surface area contributed by atoms with Crippen LogP contribution in [-0.4, -0.2) is 62.5 Å².